The number of halogens is 2. The lowest BCUT2D eigenvalue weighted by Crippen LogP contribution is -2.49. The summed E-state index contributed by atoms with van der Waals surface area (Å²) < 4.78 is 49.4. The first-order valence-corrected chi connectivity index (χ1v) is 12.1. The minimum Gasteiger partial charge on any atom is -0.451 e. The molecule has 0 radical (unpaired) electrons. The van der Waals surface area contributed by atoms with E-state index < -0.39 is 59.4 Å². The van der Waals surface area contributed by atoms with E-state index in [-0.39, 0.29) is 43.6 Å². The van der Waals surface area contributed by atoms with Gasteiger partial charge in [0.05, 0.1) is 19.2 Å². The van der Waals surface area contributed by atoms with Crippen LogP contribution in [0.4, 0.5) is 13.6 Å². The molecule has 2 aliphatic heterocycles. The van der Waals surface area contributed by atoms with E-state index in [1.165, 1.54) is 21.7 Å². The number of fused-ring (bicyclic) bond motifs is 2. The van der Waals surface area contributed by atoms with E-state index in [0.717, 1.165) is 6.07 Å². The number of carbonyl (C=O) groups excluding carboxylic acids is 3. The fourth-order valence-electron chi connectivity index (χ4n) is 4.18. The van der Waals surface area contributed by atoms with Crippen molar-refractivity contribution in [3.05, 3.63) is 63.1 Å². The zero-order valence-electron chi connectivity index (χ0n) is 21.6. The van der Waals surface area contributed by atoms with E-state index in [0.29, 0.717) is 12.6 Å². The van der Waals surface area contributed by atoms with E-state index in [2.05, 4.69) is 5.32 Å². The smallest absolute Gasteiger partial charge is 0.451 e. The fourth-order valence-corrected chi connectivity index (χ4v) is 4.18. The molecule has 1 aromatic heterocycles. The Bertz CT molecular complexity index is 1330. The summed E-state index contributed by atoms with van der Waals surface area (Å²) in [6.07, 6.45) is -0.477. The Balaban J connectivity index is 1.58. The maximum absolute atomic E-state index is 14.0. The third-order valence-corrected chi connectivity index (χ3v) is 6.18. The Morgan fingerprint density at radius 3 is 2.69 bits per heavy atom. The van der Waals surface area contributed by atoms with E-state index >= 15 is 0 Å². The SMILES string of the molecule is CC1COC2Cn3cc(C(=O)NCc4ccc(F)cc4F)c(=O)c(OCOC(=O)OCCN(C)C)c3C(=O)N12. The number of aromatic nitrogens is 1. The molecular formula is C25H28F2N4O8. The molecule has 14 heteroatoms. The van der Waals surface area contributed by atoms with Gasteiger partial charge in [0.2, 0.25) is 18.0 Å². The molecule has 2 atom stereocenters. The highest BCUT2D eigenvalue weighted by Gasteiger charge is 2.43. The third kappa shape index (κ3) is 6.17. The van der Waals surface area contributed by atoms with Gasteiger partial charge in [-0.1, -0.05) is 6.07 Å². The van der Waals surface area contributed by atoms with Crippen LogP contribution < -0.4 is 15.5 Å². The molecule has 0 saturated carbocycles. The van der Waals surface area contributed by atoms with Crippen molar-refractivity contribution in [3.8, 4) is 5.75 Å². The number of ether oxygens (including phenoxy) is 4. The standard InChI is InChI=1S/C25H28F2N4O8/c1-14-12-37-19-11-30-10-17(23(33)28-9-15-4-5-16(26)8-18(15)27)21(32)22(20(30)24(34)31(14)19)38-13-39-25(35)36-7-6-29(2)3/h4-5,8,10,14,19H,6-7,9,11-13H2,1-3H3,(H,28,33). The second-order valence-corrected chi connectivity index (χ2v) is 9.28. The molecule has 12 nitrogen and oxygen atoms in total. The molecule has 4 rings (SSSR count). The molecule has 3 heterocycles. The summed E-state index contributed by atoms with van der Waals surface area (Å²) in [6, 6.07) is 2.61. The first-order valence-electron chi connectivity index (χ1n) is 12.1. The average Bonchev–Trinajstić information content (AvgIpc) is 3.25. The van der Waals surface area contributed by atoms with E-state index in [9.17, 15) is 28.0 Å². The van der Waals surface area contributed by atoms with Gasteiger partial charge in [-0.15, -0.1) is 0 Å². The highest BCUT2D eigenvalue weighted by molar-refractivity contribution is 5.99. The van der Waals surface area contributed by atoms with Crippen LogP contribution in [0.1, 0.15) is 33.3 Å². The summed E-state index contributed by atoms with van der Waals surface area (Å²) in [7, 11) is 3.59. The van der Waals surface area contributed by atoms with Crippen molar-refractivity contribution in [2.75, 3.05) is 40.6 Å². The van der Waals surface area contributed by atoms with Crippen LogP contribution in [0.15, 0.2) is 29.2 Å². The summed E-state index contributed by atoms with van der Waals surface area (Å²) in [5.74, 6) is -3.59. The number of pyridine rings is 1. The van der Waals surface area contributed by atoms with Crippen molar-refractivity contribution in [2.45, 2.75) is 32.3 Å². The molecule has 2 aromatic rings. The quantitative estimate of drug-likeness (QED) is 0.363. The maximum atomic E-state index is 14.0. The zero-order chi connectivity index (χ0) is 28.3. The van der Waals surface area contributed by atoms with Crippen molar-refractivity contribution in [3.63, 3.8) is 0 Å². The monoisotopic (exact) mass is 550 g/mol. The second-order valence-electron chi connectivity index (χ2n) is 9.28. The van der Waals surface area contributed by atoms with Crippen LogP contribution >= 0.6 is 0 Å². The normalized spacial score (nSPS) is 18.0. The van der Waals surface area contributed by atoms with Gasteiger partial charge >= 0.3 is 6.16 Å². The van der Waals surface area contributed by atoms with E-state index in [1.807, 2.05) is 0 Å². The lowest BCUT2D eigenvalue weighted by atomic mass is 10.1. The van der Waals surface area contributed by atoms with Crippen LogP contribution in [0.2, 0.25) is 0 Å². The number of hydrogen-bond acceptors (Lipinski definition) is 9. The molecule has 0 bridgehead atoms. The molecule has 0 aliphatic carbocycles. The van der Waals surface area contributed by atoms with Gasteiger partial charge in [0.1, 0.15) is 23.8 Å². The summed E-state index contributed by atoms with van der Waals surface area (Å²) in [6.45, 7) is 1.58. The largest absolute Gasteiger partial charge is 0.511 e. The van der Waals surface area contributed by atoms with Gasteiger partial charge in [0, 0.05) is 30.9 Å². The lowest BCUT2D eigenvalue weighted by Gasteiger charge is -2.34. The Hall–Kier alpha value is -4.04. The van der Waals surface area contributed by atoms with Crippen molar-refractivity contribution in [1.82, 2.24) is 19.7 Å². The van der Waals surface area contributed by atoms with Crippen LogP contribution in [0.3, 0.4) is 0 Å². The van der Waals surface area contributed by atoms with E-state index in [1.54, 1.807) is 25.9 Å². The second kappa shape index (κ2) is 11.8. The average molecular weight is 551 g/mol. The number of carbonyl (C=O) groups is 3. The van der Waals surface area contributed by atoms with E-state index in [4.69, 9.17) is 18.9 Å². The summed E-state index contributed by atoms with van der Waals surface area (Å²) in [5, 5.41) is 2.42. The molecular weight excluding hydrogens is 522 g/mol. The Morgan fingerprint density at radius 1 is 1.21 bits per heavy atom. The van der Waals surface area contributed by atoms with Gasteiger partial charge in [0.15, 0.2) is 11.9 Å². The first kappa shape index (κ1) is 28.0. The molecule has 0 spiro atoms. The van der Waals surface area contributed by atoms with Gasteiger partial charge in [-0.3, -0.25) is 14.4 Å². The van der Waals surface area contributed by atoms with Crippen molar-refractivity contribution in [2.24, 2.45) is 0 Å². The number of benzene rings is 1. The van der Waals surface area contributed by atoms with Crippen LogP contribution in [0, 0.1) is 11.6 Å². The lowest BCUT2D eigenvalue weighted by molar-refractivity contribution is -0.00268. The highest BCUT2D eigenvalue weighted by atomic mass is 19.1. The number of nitrogens with one attached hydrogen (secondary N) is 1. The Kier molecular flexibility index (Phi) is 8.45. The highest BCUT2D eigenvalue weighted by Crippen LogP contribution is 2.30. The van der Waals surface area contributed by atoms with Crippen LogP contribution in [-0.4, -0.2) is 85.3 Å². The van der Waals surface area contributed by atoms with Crippen LogP contribution in [-0.2, 0) is 27.3 Å². The number of rotatable bonds is 9. The molecule has 1 aromatic carbocycles. The summed E-state index contributed by atoms with van der Waals surface area (Å²) in [4.78, 5) is 54.8. The summed E-state index contributed by atoms with van der Waals surface area (Å²) >= 11 is 0. The van der Waals surface area contributed by atoms with Gasteiger partial charge < -0.3 is 38.6 Å². The molecule has 2 aliphatic rings. The minimum atomic E-state index is -1.05. The molecule has 1 fully saturated rings. The van der Waals surface area contributed by atoms with Crippen LogP contribution in [0.25, 0.3) is 0 Å². The third-order valence-electron chi connectivity index (χ3n) is 6.18. The molecule has 210 valence electrons. The number of amides is 2. The predicted molar refractivity (Wildman–Crippen MR) is 130 cm³/mol. The zero-order valence-corrected chi connectivity index (χ0v) is 21.6. The number of hydrogen-bond donors (Lipinski definition) is 1. The topological polar surface area (TPSA) is 129 Å². The molecule has 2 unspecified atom stereocenters. The van der Waals surface area contributed by atoms with Crippen molar-refractivity contribution in [1.29, 1.82) is 0 Å². The van der Waals surface area contributed by atoms with Gasteiger partial charge in [-0.25, -0.2) is 13.6 Å². The number of nitrogens with zero attached hydrogens (tertiary/aromatic N) is 3. The maximum Gasteiger partial charge on any atom is 0.511 e. The summed E-state index contributed by atoms with van der Waals surface area (Å²) in [5.41, 5.74) is -1.49. The van der Waals surface area contributed by atoms with Gasteiger partial charge in [-0.2, -0.15) is 0 Å². The van der Waals surface area contributed by atoms with Crippen molar-refractivity contribution < 1.29 is 42.1 Å². The first-order chi connectivity index (χ1) is 18.6. The predicted octanol–water partition coefficient (Wildman–Crippen LogP) is 1.31. The molecule has 2 amide bonds. The Labute approximate surface area is 222 Å². The van der Waals surface area contributed by atoms with Gasteiger partial charge in [-0.05, 0) is 27.1 Å². The van der Waals surface area contributed by atoms with Crippen LogP contribution in [0.5, 0.6) is 5.75 Å². The molecule has 1 N–H and O–H groups in total. The van der Waals surface area contributed by atoms with Crippen molar-refractivity contribution >= 4 is 18.0 Å². The number of likely N-dealkylation sites (N-methyl/N-ethyl adjacent to an activating group) is 1. The fraction of sp³-hybridized carbons (Fsp3) is 0.440. The Morgan fingerprint density at radius 2 is 1.97 bits per heavy atom. The molecule has 39 heavy (non-hydrogen) atoms. The minimum absolute atomic E-state index is 0.000345. The van der Waals surface area contributed by atoms with Gasteiger partial charge in [0.25, 0.3) is 11.8 Å². The molecule has 1 saturated heterocycles.